The molecule has 0 saturated heterocycles. The number of nitriles is 1. The van der Waals surface area contributed by atoms with Gasteiger partial charge in [-0.3, -0.25) is 0 Å². The van der Waals surface area contributed by atoms with Crippen LogP contribution in [-0.2, 0) is 9.84 Å². The third-order valence-electron chi connectivity index (χ3n) is 4.01. The van der Waals surface area contributed by atoms with Crippen LogP contribution in [0.25, 0.3) is 22.4 Å². The van der Waals surface area contributed by atoms with Crippen molar-refractivity contribution in [3.05, 3.63) is 66.0 Å². The van der Waals surface area contributed by atoms with Crippen LogP contribution in [0, 0.1) is 17.1 Å². The van der Waals surface area contributed by atoms with E-state index in [2.05, 4.69) is 4.98 Å². The average Bonchev–Trinajstić information content (AvgIpc) is 2.74. The molecule has 0 amide bonds. The zero-order valence-corrected chi connectivity index (χ0v) is 17.4. The van der Waals surface area contributed by atoms with Crippen molar-refractivity contribution in [1.29, 1.82) is 5.26 Å². The second-order valence-corrected chi connectivity index (χ2v) is 7.87. The van der Waals surface area contributed by atoms with E-state index in [9.17, 15) is 18.1 Å². The lowest BCUT2D eigenvalue weighted by atomic mass is 9.98. The van der Waals surface area contributed by atoms with Crippen molar-refractivity contribution < 1.29 is 17.5 Å². The molecule has 0 aliphatic rings. The number of aromatic nitrogens is 1. The predicted octanol–water partition coefficient (Wildman–Crippen LogP) is 4.86. The topological polar surface area (TPSA) is 80.0 Å². The van der Waals surface area contributed by atoms with E-state index < -0.39 is 9.84 Å². The van der Waals surface area contributed by atoms with E-state index >= 15 is 0 Å². The van der Waals surface area contributed by atoms with Gasteiger partial charge < -0.3 is 4.74 Å². The molecule has 0 aliphatic heterocycles. The van der Waals surface area contributed by atoms with Crippen LogP contribution in [0.1, 0.15) is 19.4 Å². The fourth-order valence-electron chi connectivity index (χ4n) is 2.66. The summed E-state index contributed by atoms with van der Waals surface area (Å²) in [7, 11) is -1.91. The standard InChI is InChI=1S/C20H15FN2O3S.C2H6/c1-26-20-15(12-22)11-18(13-5-9-17(10-6-13)27(2,24)25)19(23-20)14-3-7-16(21)8-4-14;1-2/h3-11H,1-2H3;1-2H3. The lowest BCUT2D eigenvalue weighted by Gasteiger charge is -2.13. The molecule has 0 bridgehead atoms. The molecule has 0 radical (unpaired) electrons. The first kappa shape index (κ1) is 22.1. The number of methoxy groups -OCH3 is 1. The molecule has 0 aliphatic carbocycles. The van der Waals surface area contributed by atoms with Crippen LogP contribution in [0.15, 0.2) is 59.5 Å². The molecule has 0 unspecified atom stereocenters. The maximum absolute atomic E-state index is 13.3. The maximum atomic E-state index is 13.3. The van der Waals surface area contributed by atoms with Gasteiger partial charge in [0.1, 0.15) is 17.4 Å². The lowest BCUT2D eigenvalue weighted by Crippen LogP contribution is -1.99. The van der Waals surface area contributed by atoms with Gasteiger partial charge in [0.2, 0.25) is 5.88 Å². The van der Waals surface area contributed by atoms with Gasteiger partial charge in [-0.2, -0.15) is 5.26 Å². The third kappa shape index (κ3) is 4.98. The van der Waals surface area contributed by atoms with Crippen LogP contribution in [-0.4, -0.2) is 26.8 Å². The Morgan fingerprint density at radius 1 is 1.00 bits per heavy atom. The Morgan fingerprint density at radius 3 is 2.03 bits per heavy atom. The van der Waals surface area contributed by atoms with Crippen LogP contribution in [0.4, 0.5) is 4.39 Å². The molecule has 0 spiro atoms. The van der Waals surface area contributed by atoms with E-state index in [-0.39, 0.29) is 22.2 Å². The fourth-order valence-corrected chi connectivity index (χ4v) is 3.29. The van der Waals surface area contributed by atoms with E-state index in [1.54, 1.807) is 30.3 Å². The summed E-state index contributed by atoms with van der Waals surface area (Å²) in [6.45, 7) is 4.00. The molecule has 29 heavy (non-hydrogen) atoms. The maximum Gasteiger partial charge on any atom is 0.232 e. The highest BCUT2D eigenvalue weighted by Crippen LogP contribution is 2.35. The van der Waals surface area contributed by atoms with Crippen molar-refractivity contribution in [2.75, 3.05) is 13.4 Å². The van der Waals surface area contributed by atoms with Gasteiger partial charge in [-0.15, -0.1) is 0 Å². The van der Waals surface area contributed by atoms with E-state index in [0.29, 0.717) is 22.4 Å². The summed E-state index contributed by atoms with van der Waals surface area (Å²) in [6, 6.07) is 15.7. The summed E-state index contributed by atoms with van der Waals surface area (Å²) >= 11 is 0. The van der Waals surface area contributed by atoms with Gasteiger partial charge in [0, 0.05) is 17.4 Å². The highest BCUT2D eigenvalue weighted by atomic mass is 32.2. The van der Waals surface area contributed by atoms with Crippen molar-refractivity contribution in [3.63, 3.8) is 0 Å². The normalized spacial score (nSPS) is 10.5. The lowest BCUT2D eigenvalue weighted by molar-refractivity contribution is 0.397. The van der Waals surface area contributed by atoms with E-state index in [1.807, 2.05) is 19.9 Å². The summed E-state index contributed by atoms with van der Waals surface area (Å²) in [5.74, 6) is -0.216. The van der Waals surface area contributed by atoms with Gasteiger partial charge in [-0.1, -0.05) is 26.0 Å². The quantitative estimate of drug-likeness (QED) is 0.611. The summed E-state index contributed by atoms with van der Waals surface area (Å²) in [6.07, 6.45) is 1.13. The molecule has 0 saturated carbocycles. The van der Waals surface area contributed by atoms with Crippen LogP contribution >= 0.6 is 0 Å². The summed E-state index contributed by atoms with van der Waals surface area (Å²) < 4.78 is 41.8. The molecule has 1 heterocycles. The van der Waals surface area contributed by atoms with E-state index in [1.165, 1.54) is 31.4 Å². The smallest absolute Gasteiger partial charge is 0.232 e. The molecule has 3 rings (SSSR count). The number of halogens is 1. The van der Waals surface area contributed by atoms with Crippen molar-refractivity contribution in [2.24, 2.45) is 0 Å². The minimum Gasteiger partial charge on any atom is -0.480 e. The predicted molar refractivity (Wildman–Crippen MR) is 111 cm³/mol. The number of ether oxygens (including phenoxy) is 1. The molecule has 5 nitrogen and oxygen atoms in total. The molecular weight excluding hydrogens is 391 g/mol. The summed E-state index contributed by atoms with van der Waals surface area (Å²) in [4.78, 5) is 4.62. The minimum absolute atomic E-state index is 0.160. The molecule has 0 atom stereocenters. The molecule has 1 aromatic heterocycles. The Labute approximate surface area is 170 Å². The first-order valence-corrected chi connectivity index (χ1v) is 10.8. The van der Waals surface area contributed by atoms with Crippen LogP contribution in [0.2, 0.25) is 0 Å². The number of hydrogen-bond acceptors (Lipinski definition) is 5. The summed E-state index contributed by atoms with van der Waals surface area (Å²) in [5, 5.41) is 9.37. The SMILES string of the molecule is CC.COc1nc(-c2ccc(F)cc2)c(-c2ccc(S(C)(=O)=O)cc2)cc1C#N. The minimum atomic E-state index is -3.32. The highest BCUT2D eigenvalue weighted by molar-refractivity contribution is 7.90. The van der Waals surface area contributed by atoms with Crippen molar-refractivity contribution in [1.82, 2.24) is 4.98 Å². The fraction of sp³-hybridized carbons (Fsp3) is 0.182. The molecule has 3 aromatic rings. The van der Waals surface area contributed by atoms with Gasteiger partial charge >= 0.3 is 0 Å². The van der Waals surface area contributed by atoms with Gasteiger partial charge in [0.25, 0.3) is 0 Å². The van der Waals surface area contributed by atoms with Crippen LogP contribution in [0.3, 0.4) is 0 Å². The first-order valence-electron chi connectivity index (χ1n) is 8.89. The van der Waals surface area contributed by atoms with Crippen molar-refractivity contribution in [2.45, 2.75) is 18.7 Å². The van der Waals surface area contributed by atoms with Crippen LogP contribution in [0.5, 0.6) is 5.88 Å². The first-order chi connectivity index (χ1) is 13.8. The number of rotatable bonds is 4. The Morgan fingerprint density at radius 2 is 1.55 bits per heavy atom. The monoisotopic (exact) mass is 412 g/mol. The zero-order valence-electron chi connectivity index (χ0n) is 16.6. The third-order valence-corrected chi connectivity index (χ3v) is 5.14. The van der Waals surface area contributed by atoms with Crippen molar-refractivity contribution in [3.8, 4) is 34.3 Å². The van der Waals surface area contributed by atoms with E-state index in [0.717, 1.165) is 6.26 Å². The molecule has 150 valence electrons. The molecular formula is C22H21FN2O3S. The molecule has 2 aromatic carbocycles. The largest absolute Gasteiger partial charge is 0.480 e. The summed E-state index contributed by atoms with van der Waals surface area (Å²) in [5.41, 5.74) is 2.66. The second kappa shape index (κ2) is 9.30. The Hall–Kier alpha value is -3.24. The number of sulfone groups is 1. The van der Waals surface area contributed by atoms with Gasteiger partial charge in [-0.25, -0.2) is 17.8 Å². The van der Waals surface area contributed by atoms with Crippen LogP contribution < -0.4 is 4.74 Å². The highest BCUT2D eigenvalue weighted by Gasteiger charge is 2.16. The Balaban J connectivity index is 0.00000145. The molecule has 0 N–H and O–H groups in total. The molecule has 0 fully saturated rings. The Kier molecular flexibility index (Phi) is 7.08. The number of pyridine rings is 1. The van der Waals surface area contributed by atoms with Gasteiger partial charge in [0.05, 0.1) is 17.7 Å². The molecule has 7 heteroatoms. The Bertz CT molecular complexity index is 1130. The van der Waals surface area contributed by atoms with Crippen molar-refractivity contribution >= 4 is 9.84 Å². The number of nitrogens with zero attached hydrogens (tertiary/aromatic N) is 2. The van der Waals surface area contributed by atoms with Gasteiger partial charge in [-0.05, 0) is 48.0 Å². The number of benzene rings is 2. The average molecular weight is 412 g/mol. The second-order valence-electron chi connectivity index (χ2n) is 5.86. The van der Waals surface area contributed by atoms with Gasteiger partial charge in [0.15, 0.2) is 9.84 Å². The van der Waals surface area contributed by atoms with E-state index in [4.69, 9.17) is 4.74 Å². The zero-order chi connectivity index (χ0) is 21.6. The number of hydrogen-bond donors (Lipinski definition) is 0.